The van der Waals surface area contributed by atoms with Crippen LogP contribution in [0.5, 0.6) is 0 Å². The van der Waals surface area contributed by atoms with E-state index in [-0.39, 0.29) is 18.3 Å². The highest BCUT2D eigenvalue weighted by atomic mass is 32.2. The van der Waals surface area contributed by atoms with Gasteiger partial charge in [-0.3, -0.25) is 8.37 Å². The molecule has 12 heteroatoms. The molecule has 0 aliphatic carbocycles. The van der Waals surface area contributed by atoms with E-state index in [1.165, 1.54) is 0 Å². The Morgan fingerprint density at radius 1 is 1.04 bits per heavy atom. The lowest BCUT2D eigenvalue weighted by molar-refractivity contribution is -0.156. The second-order valence-corrected chi connectivity index (χ2v) is 17.1. The molecule has 1 saturated heterocycles. The standard InChI is InChI=1S/C16H34O9S2Si/c1-15(2,3)28(8,9)22-11-13(25-27(7,19)20)14-12(10-21-26(6,17)18)23-16(4,5)24-14/h12-14H,10-11H2,1-9H3/t12-,13?,14-/m1/s1. The van der Waals surface area contributed by atoms with Crippen LogP contribution in [0.3, 0.4) is 0 Å². The Bertz CT molecular complexity index is 739. The first-order valence-corrected chi connectivity index (χ1v) is 15.5. The van der Waals surface area contributed by atoms with E-state index in [9.17, 15) is 16.8 Å². The maximum atomic E-state index is 11.8. The zero-order valence-electron chi connectivity index (χ0n) is 18.1. The van der Waals surface area contributed by atoms with Crippen molar-refractivity contribution < 1.29 is 39.1 Å². The van der Waals surface area contributed by atoms with Gasteiger partial charge in [0, 0.05) is 0 Å². The Hall–Kier alpha value is -0.0831. The van der Waals surface area contributed by atoms with Gasteiger partial charge in [-0.25, -0.2) is 0 Å². The van der Waals surface area contributed by atoms with Crippen molar-refractivity contribution in [3.8, 4) is 0 Å². The number of hydrogen-bond donors (Lipinski definition) is 0. The van der Waals surface area contributed by atoms with Gasteiger partial charge in [-0.2, -0.15) is 16.8 Å². The molecule has 168 valence electrons. The van der Waals surface area contributed by atoms with Crippen LogP contribution >= 0.6 is 0 Å². The van der Waals surface area contributed by atoms with E-state index < -0.39 is 52.7 Å². The van der Waals surface area contributed by atoms with Crippen molar-refractivity contribution in [1.29, 1.82) is 0 Å². The topological polar surface area (TPSA) is 114 Å². The van der Waals surface area contributed by atoms with Gasteiger partial charge in [-0.1, -0.05) is 20.8 Å². The largest absolute Gasteiger partial charge is 0.414 e. The summed E-state index contributed by atoms with van der Waals surface area (Å²) in [6.45, 7) is 13.2. The molecule has 3 atom stereocenters. The first-order valence-electron chi connectivity index (χ1n) is 8.95. The van der Waals surface area contributed by atoms with Gasteiger partial charge in [0.25, 0.3) is 20.2 Å². The second-order valence-electron chi connectivity index (χ2n) is 9.04. The van der Waals surface area contributed by atoms with Gasteiger partial charge >= 0.3 is 0 Å². The molecule has 0 saturated carbocycles. The summed E-state index contributed by atoms with van der Waals surface area (Å²) < 4.78 is 74.1. The first-order chi connectivity index (χ1) is 12.2. The fourth-order valence-corrected chi connectivity index (χ4v) is 4.42. The molecule has 1 heterocycles. The molecule has 1 aliphatic rings. The minimum atomic E-state index is -3.83. The normalized spacial score (nSPS) is 25.0. The van der Waals surface area contributed by atoms with Crippen LogP contribution in [-0.2, 0) is 42.5 Å². The van der Waals surface area contributed by atoms with Gasteiger partial charge in [0.05, 0.1) is 25.7 Å². The van der Waals surface area contributed by atoms with Crippen molar-refractivity contribution in [3.05, 3.63) is 0 Å². The Labute approximate surface area is 170 Å². The average molecular weight is 463 g/mol. The minimum absolute atomic E-state index is 0.0386. The third-order valence-electron chi connectivity index (χ3n) is 4.75. The zero-order valence-corrected chi connectivity index (χ0v) is 20.8. The van der Waals surface area contributed by atoms with E-state index in [2.05, 4.69) is 20.8 Å². The molecule has 0 aromatic rings. The second kappa shape index (κ2) is 8.58. The fraction of sp³-hybridized carbons (Fsp3) is 1.00. The highest BCUT2D eigenvalue weighted by Crippen LogP contribution is 2.38. The molecule has 1 aliphatic heterocycles. The molecule has 9 nitrogen and oxygen atoms in total. The van der Waals surface area contributed by atoms with E-state index >= 15 is 0 Å². The molecule has 1 fully saturated rings. The summed E-state index contributed by atoms with van der Waals surface area (Å²) in [6, 6.07) is 0. The van der Waals surface area contributed by atoms with E-state index in [1.54, 1.807) is 13.8 Å². The number of ether oxygens (including phenoxy) is 2. The van der Waals surface area contributed by atoms with E-state index in [0.717, 1.165) is 12.5 Å². The lowest BCUT2D eigenvalue weighted by Gasteiger charge is -2.38. The van der Waals surface area contributed by atoms with Crippen molar-refractivity contribution in [1.82, 2.24) is 0 Å². The molecular formula is C16H34O9S2Si. The van der Waals surface area contributed by atoms with Gasteiger partial charge in [-0.05, 0) is 32.0 Å². The minimum Gasteiger partial charge on any atom is -0.414 e. The van der Waals surface area contributed by atoms with Crippen LogP contribution in [0.4, 0.5) is 0 Å². The van der Waals surface area contributed by atoms with Crippen molar-refractivity contribution in [3.63, 3.8) is 0 Å². The lowest BCUT2D eigenvalue weighted by Crippen LogP contribution is -2.48. The van der Waals surface area contributed by atoms with Crippen molar-refractivity contribution in [2.75, 3.05) is 25.7 Å². The Morgan fingerprint density at radius 2 is 1.57 bits per heavy atom. The molecule has 0 bridgehead atoms. The summed E-state index contributed by atoms with van der Waals surface area (Å²) in [5, 5.41) is -0.0895. The van der Waals surface area contributed by atoms with Crippen molar-refractivity contribution in [2.24, 2.45) is 0 Å². The van der Waals surface area contributed by atoms with Gasteiger partial charge in [0.2, 0.25) is 0 Å². The molecular weight excluding hydrogens is 428 g/mol. The predicted molar refractivity (Wildman–Crippen MR) is 107 cm³/mol. The third kappa shape index (κ3) is 8.34. The molecule has 0 amide bonds. The average Bonchev–Trinajstić information content (AvgIpc) is 2.73. The molecule has 0 aromatic carbocycles. The van der Waals surface area contributed by atoms with Crippen LogP contribution in [0, 0.1) is 0 Å². The molecule has 0 spiro atoms. The zero-order chi connectivity index (χ0) is 22.2. The molecule has 1 rings (SSSR count). The number of rotatable bonds is 9. The van der Waals surface area contributed by atoms with Crippen LogP contribution in [0.1, 0.15) is 34.6 Å². The third-order valence-corrected chi connectivity index (χ3v) is 10.4. The summed E-state index contributed by atoms with van der Waals surface area (Å²) in [7, 11) is -9.73. The monoisotopic (exact) mass is 462 g/mol. The molecule has 28 heavy (non-hydrogen) atoms. The van der Waals surface area contributed by atoms with Crippen LogP contribution in [0.2, 0.25) is 18.1 Å². The molecule has 0 radical (unpaired) electrons. The highest BCUT2D eigenvalue weighted by Gasteiger charge is 2.48. The van der Waals surface area contributed by atoms with E-state index in [1.807, 2.05) is 13.1 Å². The SMILES string of the molecule is CC1(C)O[C@H](COS(C)(=O)=O)[C@H](C(CO[Si](C)(C)C(C)(C)C)OS(C)(=O)=O)O1. The molecule has 0 aromatic heterocycles. The number of hydrogen-bond acceptors (Lipinski definition) is 9. The Morgan fingerprint density at radius 3 is 2.00 bits per heavy atom. The van der Waals surface area contributed by atoms with Gasteiger partial charge < -0.3 is 13.9 Å². The Balaban J connectivity index is 3.08. The quantitative estimate of drug-likeness (QED) is 0.374. The van der Waals surface area contributed by atoms with Crippen LogP contribution in [0.25, 0.3) is 0 Å². The lowest BCUT2D eigenvalue weighted by atomic mass is 10.1. The smallest absolute Gasteiger partial charge is 0.264 e. The molecule has 1 unspecified atom stereocenters. The van der Waals surface area contributed by atoms with Crippen LogP contribution in [0.15, 0.2) is 0 Å². The fourth-order valence-electron chi connectivity index (χ4n) is 2.41. The maximum Gasteiger partial charge on any atom is 0.264 e. The summed E-state index contributed by atoms with van der Waals surface area (Å²) >= 11 is 0. The van der Waals surface area contributed by atoms with Crippen molar-refractivity contribution in [2.45, 2.75) is 76.8 Å². The maximum absolute atomic E-state index is 11.8. The van der Waals surface area contributed by atoms with E-state index in [4.69, 9.17) is 22.3 Å². The van der Waals surface area contributed by atoms with E-state index in [0.29, 0.717) is 0 Å². The summed E-state index contributed by atoms with van der Waals surface area (Å²) in [5.74, 6) is -1.06. The van der Waals surface area contributed by atoms with Crippen molar-refractivity contribution >= 4 is 28.6 Å². The van der Waals surface area contributed by atoms with Crippen LogP contribution in [-0.4, -0.2) is 75.0 Å². The van der Waals surface area contributed by atoms with Gasteiger partial charge in [-0.15, -0.1) is 0 Å². The Kier molecular flexibility index (Phi) is 7.95. The first kappa shape index (κ1) is 26.0. The van der Waals surface area contributed by atoms with Gasteiger partial charge in [0.15, 0.2) is 14.1 Å². The summed E-state index contributed by atoms with van der Waals surface area (Å²) in [6.07, 6.45) is -0.890. The predicted octanol–water partition coefficient (Wildman–Crippen LogP) is 1.85. The van der Waals surface area contributed by atoms with Gasteiger partial charge in [0.1, 0.15) is 18.3 Å². The molecule has 0 N–H and O–H groups in total. The summed E-state index contributed by atoms with van der Waals surface area (Å²) in [4.78, 5) is 0. The highest BCUT2D eigenvalue weighted by molar-refractivity contribution is 7.86. The van der Waals surface area contributed by atoms with Crippen LogP contribution < -0.4 is 0 Å². The summed E-state index contributed by atoms with van der Waals surface area (Å²) in [5.41, 5.74) is 0.